The Labute approximate surface area is 164 Å². The maximum atomic E-state index is 12.9. The van der Waals surface area contributed by atoms with E-state index in [0.717, 1.165) is 4.90 Å². The second-order valence-corrected chi connectivity index (χ2v) is 6.29. The van der Waals surface area contributed by atoms with Gasteiger partial charge < -0.3 is 14.2 Å². The van der Waals surface area contributed by atoms with Crippen molar-refractivity contribution in [1.82, 2.24) is 5.32 Å². The van der Waals surface area contributed by atoms with Crippen molar-refractivity contribution in [2.75, 3.05) is 18.8 Å². The number of ether oxygens (including phenoxy) is 3. The highest BCUT2D eigenvalue weighted by atomic mass is 35.5. The second kappa shape index (κ2) is 6.90. The summed E-state index contributed by atoms with van der Waals surface area (Å²) in [5, 5.41) is 2.43. The molecule has 28 heavy (non-hydrogen) atoms. The molecule has 8 nitrogen and oxygen atoms in total. The molecule has 142 valence electrons. The van der Waals surface area contributed by atoms with Crippen LogP contribution in [0.1, 0.15) is 5.56 Å². The standard InChI is InChI=1S/C19H13ClN2O6/c1-26-12-4-2-11(3-5-12)22-18(24)13(17(23)21-19(22)25)6-10-7-15-16(8-14(10)20)28-9-27-15/h2-8H,9H2,1H3,(H,21,23,25)/b13-6-. The van der Waals surface area contributed by atoms with E-state index in [1.807, 2.05) is 0 Å². The molecule has 0 bridgehead atoms. The van der Waals surface area contributed by atoms with Gasteiger partial charge >= 0.3 is 6.03 Å². The van der Waals surface area contributed by atoms with Gasteiger partial charge in [0.05, 0.1) is 17.8 Å². The Kier molecular flexibility index (Phi) is 4.40. The monoisotopic (exact) mass is 400 g/mol. The van der Waals surface area contributed by atoms with Gasteiger partial charge in [0, 0.05) is 6.07 Å². The number of hydrogen-bond donors (Lipinski definition) is 1. The molecule has 0 aromatic heterocycles. The van der Waals surface area contributed by atoms with Gasteiger partial charge in [0.25, 0.3) is 11.8 Å². The number of carbonyl (C=O) groups is 3. The molecule has 1 saturated heterocycles. The number of rotatable bonds is 3. The average molecular weight is 401 g/mol. The molecule has 0 aliphatic carbocycles. The summed E-state index contributed by atoms with van der Waals surface area (Å²) in [6.45, 7) is 0.0604. The number of benzene rings is 2. The average Bonchev–Trinajstić information content (AvgIpc) is 3.12. The minimum Gasteiger partial charge on any atom is -0.497 e. The van der Waals surface area contributed by atoms with E-state index >= 15 is 0 Å². The molecule has 1 N–H and O–H groups in total. The lowest BCUT2D eigenvalue weighted by Crippen LogP contribution is -2.54. The Morgan fingerprint density at radius 2 is 1.79 bits per heavy atom. The van der Waals surface area contributed by atoms with E-state index in [1.165, 1.54) is 31.4 Å². The van der Waals surface area contributed by atoms with Crippen LogP contribution in [-0.4, -0.2) is 31.7 Å². The summed E-state index contributed by atoms with van der Waals surface area (Å²) in [5.74, 6) is -0.0987. The van der Waals surface area contributed by atoms with Crippen LogP contribution >= 0.6 is 11.6 Å². The quantitative estimate of drug-likeness (QED) is 0.629. The van der Waals surface area contributed by atoms with Crippen molar-refractivity contribution in [2.45, 2.75) is 0 Å². The Morgan fingerprint density at radius 1 is 1.11 bits per heavy atom. The van der Waals surface area contributed by atoms with Gasteiger partial charge in [0.1, 0.15) is 11.3 Å². The third kappa shape index (κ3) is 3.03. The lowest BCUT2D eigenvalue weighted by atomic mass is 10.1. The van der Waals surface area contributed by atoms with Gasteiger partial charge in [-0.3, -0.25) is 14.9 Å². The van der Waals surface area contributed by atoms with Gasteiger partial charge in [-0.25, -0.2) is 9.69 Å². The predicted octanol–water partition coefficient (Wildman–Crippen LogP) is 2.74. The summed E-state index contributed by atoms with van der Waals surface area (Å²) in [4.78, 5) is 38.3. The first kappa shape index (κ1) is 17.9. The molecule has 0 radical (unpaired) electrons. The number of anilines is 1. The molecule has 2 aromatic rings. The highest BCUT2D eigenvalue weighted by Crippen LogP contribution is 2.38. The van der Waals surface area contributed by atoms with Crippen LogP contribution in [0.4, 0.5) is 10.5 Å². The van der Waals surface area contributed by atoms with Gasteiger partial charge in [-0.1, -0.05) is 11.6 Å². The summed E-state index contributed by atoms with van der Waals surface area (Å²) in [5.41, 5.74) is 0.433. The summed E-state index contributed by atoms with van der Waals surface area (Å²) >= 11 is 6.22. The van der Waals surface area contributed by atoms with Crippen molar-refractivity contribution in [1.29, 1.82) is 0 Å². The molecular formula is C19H13ClN2O6. The van der Waals surface area contributed by atoms with Gasteiger partial charge in [-0.15, -0.1) is 0 Å². The highest BCUT2D eigenvalue weighted by molar-refractivity contribution is 6.40. The lowest BCUT2D eigenvalue weighted by Gasteiger charge is -2.26. The largest absolute Gasteiger partial charge is 0.497 e. The summed E-state index contributed by atoms with van der Waals surface area (Å²) in [7, 11) is 1.50. The van der Waals surface area contributed by atoms with E-state index in [-0.39, 0.29) is 17.4 Å². The number of carbonyl (C=O) groups excluding carboxylic acids is 3. The van der Waals surface area contributed by atoms with Gasteiger partial charge in [-0.2, -0.15) is 0 Å². The number of nitrogens with one attached hydrogen (secondary N) is 1. The number of amides is 4. The van der Waals surface area contributed by atoms with Gasteiger partial charge in [0.15, 0.2) is 11.5 Å². The van der Waals surface area contributed by atoms with Crippen LogP contribution in [0, 0.1) is 0 Å². The van der Waals surface area contributed by atoms with E-state index < -0.39 is 17.8 Å². The molecule has 2 heterocycles. The molecule has 1 fully saturated rings. The van der Waals surface area contributed by atoms with E-state index in [9.17, 15) is 14.4 Å². The number of nitrogens with zero attached hydrogens (tertiary/aromatic N) is 1. The number of methoxy groups -OCH3 is 1. The lowest BCUT2D eigenvalue weighted by molar-refractivity contribution is -0.122. The fraction of sp³-hybridized carbons (Fsp3) is 0.105. The van der Waals surface area contributed by atoms with Crippen molar-refractivity contribution in [3.05, 3.63) is 52.6 Å². The van der Waals surface area contributed by atoms with E-state index in [4.69, 9.17) is 25.8 Å². The van der Waals surface area contributed by atoms with E-state index in [1.54, 1.807) is 18.2 Å². The van der Waals surface area contributed by atoms with Gasteiger partial charge in [0.2, 0.25) is 6.79 Å². The zero-order valence-electron chi connectivity index (χ0n) is 14.5. The number of halogens is 1. The zero-order chi connectivity index (χ0) is 19.8. The molecule has 2 aliphatic rings. The summed E-state index contributed by atoms with van der Waals surface area (Å²) < 4.78 is 15.6. The van der Waals surface area contributed by atoms with Crippen LogP contribution in [0.15, 0.2) is 42.0 Å². The third-order valence-electron chi connectivity index (χ3n) is 4.22. The number of hydrogen-bond acceptors (Lipinski definition) is 6. The van der Waals surface area contributed by atoms with Crippen molar-refractivity contribution in [3.8, 4) is 17.2 Å². The maximum Gasteiger partial charge on any atom is 0.335 e. The van der Waals surface area contributed by atoms with Crippen molar-refractivity contribution in [3.63, 3.8) is 0 Å². The van der Waals surface area contributed by atoms with Crippen LogP contribution in [0.2, 0.25) is 5.02 Å². The molecule has 9 heteroatoms. The molecule has 0 atom stereocenters. The highest BCUT2D eigenvalue weighted by Gasteiger charge is 2.37. The fourth-order valence-electron chi connectivity index (χ4n) is 2.82. The summed E-state index contributed by atoms with van der Waals surface area (Å²) in [6.07, 6.45) is 1.31. The van der Waals surface area contributed by atoms with Crippen LogP contribution in [-0.2, 0) is 9.59 Å². The van der Waals surface area contributed by atoms with Crippen LogP contribution in [0.5, 0.6) is 17.2 Å². The minimum atomic E-state index is -0.839. The van der Waals surface area contributed by atoms with Crippen LogP contribution in [0.3, 0.4) is 0 Å². The normalized spacial score (nSPS) is 17.1. The van der Waals surface area contributed by atoms with Crippen LogP contribution < -0.4 is 24.4 Å². The third-order valence-corrected chi connectivity index (χ3v) is 4.55. The molecular weight excluding hydrogens is 388 g/mol. The maximum absolute atomic E-state index is 12.9. The SMILES string of the molecule is COc1ccc(N2C(=O)NC(=O)/C(=C/c3cc4c(cc3Cl)OCO4)C2=O)cc1. The topological polar surface area (TPSA) is 94.2 Å². The predicted molar refractivity (Wildman–Crippen MR) is 99.6 cm³/mol. The Hall–Kier alpha value is -3.52. The Bertz CT molecular complexity index is 1030. The first-order valence-corrected chi connectivity index (χ1v) is 8.50. The first-order valence-electron chi connectivity index (χ1n) is 8.12. The summed E-state index contributed by atoms with van der Waals surface area (Å²) in [6, 6.07) is 8.54. The molecule has 0 spiro atoms. The Balaban J connectivity index is 1.72. The van der Waals surface area contributed by atoms with E-state index in [0.29, 0.717) is 28.5 Å². The zero-order valence-corrected chi connectivity index (χ0v) is 15.3. The Morgan fingerprint density at radius 3 is 2.46 bits per heavy atom. The van der Waals surface area contributed by atoms with Crippen LogP contribution in [0.25, 0.3) is 6.08 Å². The molecule has 4 rings (SSSR count). The van der Waals surface area contributed by atoms with Crippen molar-refractivity contribution < 1.29 is 28.6 Å². The van der Waals surface area contributed by atoms with Gasteiger partial charge in [-0.05, 0) is 42.0 Å². The molecule has 0 unspecified atom stereocenters. The van der Waals surface area contributed by atoms with Crippen molar-refractivity contribution >= 4 is 41.2 Å². The fourth-order valence-corrected chi connectivity index (χ4v) is 3.03. The molecule has 2 aliphatic heterocycles. The molecule has 0 saturated carbocycles. The number of barbiturate groups is 1. The van der Waals surface area contributed by atoms with E-state index in [2.05, 4.69) is 5.32 Å². The molecule has 2 aromatic carbocycles. The van der Waals surface area contributed by atoms with Crippen molar-refractivity contribution in [2.24, 2.45) is 0 Å². The smallest absolute Gasteiger partial charge is 0.335 e. The number of imide groups is 2. The second-order valence-electron chi connectivity index (χ2n) is 5.88. The number of fused-ring (bicyclic) bond motifs is 1. The first-order chi connectivity index (χ1) is 13.5. The number of urea groups is 1. The minimum absolute atomic E-state index is 0.0604. The molecule has 4 amide bonds.